The smallest absolute Gasteiger partial charge is 0.407 e. The fraction of sp³-hybridized carbons (Fsp3) is 0.442. The van der Waals surface area contributed by atoms with Crippen molar-refractivity contribution in [2.45, 2.75) is 82.5 Å². The maximum absolute atomic E-state index is 13.8. The number of imidazole rings is 2. The minimum Gasteiger partial charge on any atom is -0.488 e. The summed E-state index contributed by atoms with van der Waals surface area (Å²) in [5.41, 5.74) is 6.44. The van der Waals surface area contributed by atoms with E-state index in [1.54, 1.807) is 29.8 Å². The molecule has 0 aliphatic carbocycles. The second-order valence-electron chi connectivity index (χ2n) is 15.5. The molecule has 17 nitrogen and oxygen atoms in total. The van der Waals surface area contributed by atoms with Crippen molar-refractivity contribution in [3.05, 3.63) is 65.9 Å². The lowest BCUT2D eigenvalue weighted by Crippen LogP contribution is -2.54. The van der Waals surface area contributed by atoms with E-state index < -0.39 is 36.5 Å². The van der Waals surface area contributed by atoms with Crippen LogP contribution in [0.4, 0.5) is 9.59 Å². The Morgan fingerprint density at radius 3 is 2.03 bits per heavy atom. The van der Waals surface area contributed by atoms with Crippen LogP contribution >= 0.6 is 0 Å². The molecule has 5 aromatic rings. The van der Waals surface area contributed by atoms with Gasteiger partial charge < -0.3 is 54.1 Å². The molecule has 17 heteroatoms. The van der Waals surface area contributed by atoms with E-state index in [0.717, 1.165) is 81.2 Å². The Hall–Kier alpha value is -6.20. The van der Waals surface area contributed by atoms with Crippen LogP contribution in [0.2, 0.25) is 0 Å². The van der Waals surface area contributed by atoms with E-state index in [2.05, 4.69) is 50.9 Å². The van der Waals surface area contributed by atoms with Crippen LogP contribution in [-0.2, 0) is 35.1 Å². The molecular weight excluding hydrogens is 773 g/mol. The van der Waals surface area contributed by atoms with Gasteiger partial charge in [0.1, 0.15) is 36.1 Å². The average Bonchev–Trinajstić information content (AvgIpc) is 4.12. The highest BCUT2D eigenvalue weighted by molar-refractivity contribution is 6.07. The van der Waals surface area contributed by atoms with Crippen molar-refractivity contribution >= 4 is 45.8 Å². The number of hydrogen-bond donors (Lipinski definition) is 4. The van der Waals surface area contributed by atoms with Gasteiger partial charge in [-0.15, -0.1) is 0 Å². The molecule has 3 aromatic carbocycles. The van der Waals surface area contributed by atoms with Crippen molar-refractivity contribution < 1.29 is 42.9 Å². The van der Waals surface area contributed by atoms with Crippen LogP contribution < -0.4 is 15.4 Å². The van der Waals surface area contributed by atoms with Gasteiger partial charge in [0.25, 0.3) is 0 Å². The number of ether oxygens (including phenoxy) is 5. The first-order valence-electron chi connectivity index (χ1n) is 20.2. The molecule has 0 radical (unpaired) electrons. The van der Waals surface area contributed by atoms with Crippen molar-refractivity contribution in [1.82, 2.24) is 40.4 Å². The number of methoxy groups -OCH3 is 4. The maximum Gasteiger partial charge on any atom is 0.407 e. The predicted octanol–water partition coefficient (Wildman–Crippen LogP) is 5.51. The van der Waals surface area contributed by atoms with Crippen LogP contribution in [0.15, 0.2) is 48.7 Å². The van der Waals surface area contributed by atoms with Crippen molar-refractivity contribution in [3.63, 3.8) is 0 Å². The standard InChI is InChI=1S/C43H50N8O9/c1-22(56-3)35(48-42(54)58-5)40(52)50-15-7-9-32(50)38-44-20-31(46-38)25-11-13-27-26(17-25)21-60-34-19-28-24(18-29(27)34)12-14-30-37(28)47-39(45-30)33-10-8-16-51(33)41(53)36(23(2)57-4)49-43(55)59-6/h11-14,17-20,22-23,32-33,35-36H,7-10,15-16,21H2,1-6H3,(H,44,46)(H,45,47)(H,48,54)(H,49,55). The number of likely N-dealkylation sites (tertiary alicyclic amines) is 2. The zero-order valence-corrected chi connectivity index (χ0v) is 34.5. The van der Waals surface area contributed by atoms with E-state index in [4.69, 9.17) is 33.7 Å². The molecule has 2 fully saturated rings. The number of aromatic nitrogens is 4. The number of carbonyl (C=O) groups is 4. The zero-order valence-electron chi connectivity index (χ0n) is 34.5. The molecule has 0 spiro atoms. The highest BCUT2D eigenvalue weighted by Crippen LogP contribution is 2.43. The molecule has 316 valence electrons. The Balaban J connectivity index is 1.03. The summed E-state index contributed by atoms with van der Waals surface area (Å²) in [7, 11) is 5.51. The highest BCUT2D eigenvalue weighted by atomic mass is 16.5. The molecule has 3 aliphatic rings. The molecule has 4 N–H and O–H groups in total. The number of carbonyl (C=O) groups excluding carboxylic acids is 4. The summed E-state index contributed by atoms with van der Waals surface area (Å²) in [4.78, 5) is 72.0. The number of nitrogens with zero attached hydrogens (tertiary/aromatic N) is 4. The van der Waals surface area contributed by atoms with E-state index in [9.17, 15) is 19.2 Å². The quantitative estimate of drug-likeness (QED) is 0.131. The van der Waals surface area contributed by atoms with Crippen molar-refractivity contribution in [2.75, 3.05) is 41.5 Å². The van der Waals surface area contributed by atoms with Gasteiger partial charge >= 0.3 is 12.2 Å². The number of benzene rings is 3. The summed E-state index contributed by atoms with van der Waals surface area (Å²) in [5.74, 6) is 1.58. The molecule has 0 saturated carbocycles. The number of H-pyrrole nitrogens is 2. The Labute approximate surface area is 346 Å². The fourth-order valence-electron chi connectivity index (χ4n) is 8.67. The minimum absolute atomic E-state index is 0.259. The molecule has 3 aliphatic heterocycles. The van der Waals surface area contributed by atoms with Gasteiger partial charge in [-0.05, 0) is 85.9 Å². The number of fused-ring (bicyclic) bond motifs is 6. The molecule has 6 unspecified atom stereocenters. The molecular formula is C43H50N8O9. The van der Waals surface area contributed by atoms with Gasteiger partial charge in [0.2, 0.25) is 11.8 Å². The maximum atomic E-state index is 13.8. The summed E-state index contributed by atoms with van der Waals surface area (Å²) in [6.45, 7) is 4.88. The van der Waals surface area contributed by atoms with Crippen LogP contribution in [0.1, 0.15) is 68.8 Å². The summed E-state index contributed by atoms with van der Waals surface area (Å²) >= 11 is 0. The van der Waals surface area contributed by atoms with E-state index in [-0.39, 0.29) is 23.9 Å². The predicted molar refractivity (Wildman–Crippen MR) is 220 cm³/mol. The average molecular weight is 823 g/mol. The van der Waals surface area contributed by atoms with Gasteiger partial charge in [0.05, 0.1) is 61.4 Å². The van der Waals surface area contributed by atoms with Crippen LogP contribution in [0.5, 0.6) is 5.75 Å². The summed E-state index contributed by atoms with van der Waals surface area (Å²) in [6, 6.07) is 12.1. The second-order valence-corrected chi connectivity index (χ2v) is 15.5. The molecule has 4 amide bonds. The Morgan fingerprint density at radius 1 is 0.783 bits per heavy atom. The Bertz CT molecular complexity index is 2450. The first-order chi connectivity index (χ1) is 29.0. The van der Waals surface area contributed by atoms with Crippen LogP contribution in [0.3, 0.4) is 0 Å². The number of nitrogens with one attached hydrogen (secondary N) is 4. The SMILES string of the molecule is COC(=O)NC(C(=O)N1CCCC1c1ncc(-c2ccc3c(c2)COc2cc4c(ccc5[nH]c(C6CCCN6C(=O)C(NC(=O)OC)C(C)OC)nc54)cc2-3)[nH]1)C(C)OC. The lowest BCUT2D eigenvalue weighted by atomic mass is 9.92. The van der Waals surface area contributed by atoms with E-state index in [1.165, 1.54) is 28.4 Å². The van der Waals surface area contributed by atoms with Crippen LogP contribution in [-0.4, -0.2) is 120 Å². The number of amides is 4. The monoisotopic (exact) mass is 822 g/mol. The lowest BCUT2D eigenvalue weighted by Gasteiger charge is -2.30. The summed E-state index contributed by atoms with van der Waals surface area (Å²) in [6.07, 6.45) is 2.26. The number of aromatic amines is 2. The Kier molecular flexibility index (Phi) is 11.4. The molecule has 5 heterocycles. The van der Waals surface area contributed by atoms with Crippen molar-refractivity contribution in [1.29, 1.82) is 0 Å². The third-order valence-electron chi connectivity index (χ3n) is 12.1. The van der Waals surface area contributed by atoms with Crippen LogP contribution in [0, 0.1) is 0 Å². The third kappa shape index (κ3) is 7.47. The van der Waals surface area contributed by atoms with Gasteiger partial charge in [0.15, 0.2) is 0 Å². The first-order valence-corrected chi connectivity index (χ1v) is 20.2. The second kappa shape index (κ2) is 16.8. The van der Waals surface area contributed by atoms with Crippen molar-refractivity contribution in [2.24, 2.45) is 0 Å². The molecule has 6 atom stereocenters. The first kappa shape index (κ1) is 40.6. The fourth-order valence-corrected chi connectivity index (χ4v) is 8.67. The van der Waals surface area contributed by atoms with E-state index >= 15 is 0 Å². The molecule has 0 bridgehead atoms. The van der Waals surface area contributed by atoms with Gasteiger partial charge in [0, 0.05) is 38.3 Å². The van der Waals surface area contributed by atoms with Gasteiger partial charge in [-0.2, -0.15) is 0 Å². The molecule has 8 rings (SSSR count). The lowest BCUT2D eigenvalue weighted by molar-refractivity contribution is -0.138. The van der Waals surface area contributed by atoms with Gasteiger partial charge in [-0.1, -0.05) is 18.2 Å². The van der Waals surface area contributed by atoms with E-state index in [0.29, 0.717) is 31.3 Å². The number of alkyl carbamates (subject to hydrolysis) is 2. The van der Waals surface area contributed by atoms with Gasteiger partial charge in [-0.3, -0.25) is 9.59 Å². The summed E-state index contributed by atoms with van der Waals surface area (Å²) < 4.78 is 26.8. The van der Waals surface area contributed by atoms with E-state index in [1.807, 2.05) is 12.1 Å². The topological polar surface area (TPSA) is 202 Å². The third-order valence-corrected chi connectivity index (χ3v) is 12.1. The molecule has 60 heavy (non-hydrogen) atoms. The number of hydrogen-bond acceptors (Lipinski definition) is 11. The van der Waals surface area contributed by atoms with Gasteiger partial charge in [-0.25, -0.2) is 19.6 Å². The zero-order chi connectivity index (χ0) is 42.2. The molecule has 2 aromatic heterocycles. The van der Waals surface area contributed by atoms with Crippen molar-refractivity contribution in [3.8, 4) is 28.1 Å². The normalized spacial score (nSPS) is 19.2. The summed E-state index contributed by atoms with van der Waals surface area (Å²) in [5, 5.41) is 7.19. The minimum atomic E-state index is -0.920. The number of rotatable bonds is 11. The Morgan fingerprint density at radius 2 is 1.42 bits per heavy atom. The highest BCUT2D eigenvalue weighted by Gasteiger charge is 2.40. The van der Waals surface area contributed by atoms with Crippen LogP contribution in [0.25, 0.3) is 44.2 Å². The largest absolute Gasteiger partial charge is 0.488 e. The molecule has 2 saturated heterocycles.